The summed E-state index contributed by atoms with van der Waals surface area (Å²) >= 11 is 0. The van der Waals surface area contributed by atoms with Gasteiger partial charge in [-0.3, -0.25) is 4.79 Å². The lowest BCUT2D eigenvalue weighted by atomic mass is 10.2. The molecule has 72 valence electrons. The van der Waals surface area contributed by atoms with Gasteiger partial charge in [-0.1, -0.05) is 0 Å². The number of aliphatic hydroxyl groups is 1. The van der Waals surface area contributed by atoms with Gasteiger partial charge in [0.2, 0.25) is 0 Å². The van der Waals surface area contributed by atoms with Crippen molar-refractivity contribution >= 4 is 0 Å². The summed E-state index contributed by atoms with van der Waals surface area (Å²) in [5, 5.41) is 24.5. The molecule has 0 saturated heterocycles. The van der Waals surface area contributed by atoms with E-state index in [0.29, 0.717) is 17.0 Å². The van der Waals surface area contributed by atoms with Crippen molar-refractivity contribution in [3.63, 3.8) is 0 Å². The number of aromatic amines is 2. The van der Waals surface area contributed by atoms with Crippen LogP contribution in [0.15, 0.2) is 17.1 Å². The van der Waals surface area contributed by atoms with Crippen molar-refractivity contribution in [3.8, 4) is 11.3 Å². The highest BCUT2D eigenvalue weighted by Gasteiger charge is 2.11. The summed E-state index contributed by atoms with van der Waals surface area (Å²) in [5.74, 6) is 0. The zero-order valence-corrected chi connectivity index (χ0v) is 7.06. The third kappa shape index (κ3) is 1.29. The van der Waals surface area contributed by atoms with Crippen LogP contribution in [-0.4, -0.2) is 30.7 Å². The lowest BCUT2D eigenvalue weighted by Gasteiger charge is -1.94. The van der Waals surface area contributed by atoms with Crippen molar-refractivity contribution in [1.29, 1.82) is 0 Å². The number of nitrogens with zero attached hydrogens (tertiary/aromatic N) is 3. The molecule has 0 bridgehead atoms. The smallest absolute Gasteiger partial charge is 0.273 e. The molecule has 0 aromatic carbocycles. The van der Waals surface area contributed by atoms with Crippen molar-refractivity contribution in [2.24, 2.45) is 0 Å². The van der Waals surface area contributed by atoms with Gasteiger partial charge in [0.15, 0.2) is 0 Å². The van der Waals surface area contributed by atoms with Crippen molar-refractivity contribution in [2.45, 2.75) is 6.61 Å². The van der Waals surface area contributed by atoms with Crippen LogP contribution in [0.1, 0.15) is 5.69 Å². The Morgan fingerprint density at radius 2 is 2.29 bits per heavy atom. The number of rotatable bonds is 2. The summed E-state index contributed by atoms with van der Waals surface area (Å²) in [6.07, 6.45) is 1.44. The Morgan fingerprint density at radius 1 is 1.43 bits per heavy atom. The maximum atomic E-state index is 11.3. The Bertz CT molecular complexity index is 489. The SMILES string of the molecule is O=c1[nH]nccc1-c1n[nH]nc1CO. The lowest BCUT2D eigenvalue weighted by Crippen LogP contribution is -2.10. The number of aliphatic hydroxyl groups excluding tert-OH is 1. The summed E-state index contributed by atoms with van der Waals surface area (Å²) < 4.78 is 0. The molecule has 0 fully saturated rings. The van der Waals surface area contributed by atoms with Crippen molar-refractivity contribution < 1.29 is 5.11 Å². The fraction of sp³-hybridized carbons (Fsp3) is 0.143. The van der Waals surface area contributed by atoms with E-state index in [4.69, 9.17) is 5.11 Å². The van der Waals surface area contributed by atoms with Gasteiger partial charge in [0.05, 0.1) is 12.2 Å². The largest absolute Gasteiger partial charge is 0.390 e. The summed E-state index contributed by atoms with van der Waals surface area (Å²) in [6.45, 7) is -0.270. The van der Waals surface area contributed by atoms with Crippen LogP contribution >= 0.6 is 0 Å². The number of aromatic nitrogens is 5. The fourth-order valence-corrected chi connectivity index (χ4v) is 1.11. The minimum atomic E-state index is -0.365. The normalized spacial score (nSPS) is 10.4. The first-order valence-corrected chi connectivity index (χ1v) is 3.87. The Morgan fingerprint density at radius 3 is 3.00 bits per heavy atom. The van der Waals surface area contributed by atoms with Crippen LogP contribution in [0.4, 0.5) is 0 Å². The molecule has 3 N–H and O–H groups in total. The molecule has 7 heteroatoms. The van der Waals surface area contributed by atoms with E-state index in [1.54, 1.807) is 0 Å². The molecule has 0 saturated carbocycles. The summed E-state index contributed by atoms with van der Waals surface area (Å²) in [4.78, 5) is 11.3. The van der Waals surface area contributed by atoms with E-state index in [2.05, 4.69) is 25.6 Å². The molecule has 2 aromatic rings. The Hall–Kier alpha value is -2.02. The molecule has 0 aliphatic rings. The van der Waals surface area contributed by atoms with Crippen LogP contribution in [0.25, 0.3) is 11.3 Å². The van der Waals surface area contributed by atoms with E-state index in [-0.39, 0.29) is 12.2 Å². The molecule has 0 aliphatic carbocycles. The molecular weight excluding hydrogens is 186 g/mol. The van der Waals surface area contributed by atoms with E-state index in [9.17, 15) is 4.79 Å². The van der Waals surface area contributed by atoms with E-state index >= 15 is 0 Å². The highest BCUT2D eigenvalue weighted by molar-refractivity contribution is 5.58. The molecule has 0 atom stereocenters. The zero-order valence-electron chi connectivity index (χ0n) is 7.06. The number of nitrogens with one attached hydrogen (secondary N) is 2. The molecule has 14 heavy (non-hydrogen) atoms. The van der Waals surface area contributed by atoms with Gasteiger partial charge in [0.1, 0.15) is 11.4 Å². The van der Waals surface area contributed by atoms with Gasteiger partial charge in [-0.15, -0.1) is 0 Å². The molecular formula is C7H7N5O2. The molecule has 0 aliphatic heterocycles. The standard InChI is InChI=1S/C7H7N5O2/c13-3-5-6(10-12-9-5)4-1-2-8-11-7(4)14/h1-2,13H,3H2,(H,11,14)(H,9,10,12). The topological polar surface area (TPSA) is 108 Å². The molecule has 2 rings (SSSR count). The van der Waals surface area contributed by atoms with Crippen LogP contribution in [0, 0.1) is 0 Å². The maximum Gasteiger partial charge on any atom is 0.273 e. The minimum Gasteiger partial charge on any atom is -0.390 e. The first-order valence-electron chi connectivity index (χ1n) is 3.87. The van der Waals surface area contributed by atoms with Crippen molar-refractivity contribution in [1.82, 2.24) is 25.6 Å². The van der Waals surface area contributed by atoms with E-state index < -0.39 is 0 Å². The van der Waals surface area contributed by atoms with Gasteiger partial charge in [0, 0.05) is 6.20 Å². The fourth-order valence-electron chi connectivity index (χ4n) is 1.11. The van der Waals surface area contributed by atoms with Crippen LogP contribution in [0.3, 0.4) is 0 Å². The van der Waals surface area contributed by atoms with Crippen LogP contribution in [-0.2, 0) is 6.61 Å². The van der Waals surface area contributed by atoms with E-state index in [1.165, 1.54) is 12.3 Å². The third-order valence-corrected chi connectivity index (χ3v) is 1.75. The Labute approximate surface area is 77.8 Å². The molecule has 7 nitrogen and oxygen atoms in total. The average Bonchev–Trinajstić information content (AvgIpc) is 2.66. The second-order valence-corrected chi connectivity index (χ2v) is 2.58. The Kier molecular flexibility index (Phi) is 2.07. The van der Waals surface area contributed by atoms with Crippen LogP contribution in [0.5, 0.6) is 0 Å². The Balaban J connectivity index is 2.60. The first kappa shape index (κ1) is 8.57. The van der Waals surface area contributed by atoms with Gasteiger partial charge in [-0.25, -0.2) is 5.10 Å². The molecule has 2 aromatic heterocycles. The highest BCUT2D eigenvalue weighted by atomic mass is 16.3. The zero-order chi connectivity index (χ0) is 9.97. The number of hydrogen-bond donors (Lipinski definition) is 3. The van der Waals surface area contributed by atoms with Crippen LogP contribution < -0.4 is 5.56 Å². The molecule has 2 heterocycles. The third-order valence-electron chi connectivity index (χ3n) is 1.75. The minimum absolute atomic E-state index is 0.270. The predicted octanol–water partition coefficient (Wildman–Crippen LogP) is -0.953. The second kappa shape index (κ2) is 3.38. The number of H-pyrrole nitrogens is 2. The quantitative estimate of drug-likeness (QED) is 0.569. The molecule has 0 spiro atoms. The summed E-state index contributed by atoms with van der Waals surface area (Å²) in [5.41, 5.74) is 0.645. The van der Waals surface area contributed by atoms with E-state index in [1.807, 2.05) is 0 Å². The first-order chi connectivity index (χ1) is 6.83. The van der Waals surface area contributed by atoms with Gasteiger partial charge in [-0.05, 0) is 6.07 Å². The lowest BCUT2D eigenvalue weighted by molar-refractivity contribution is 0.277. The second-order valence-electron chi connectivity index (χ2n) is 2.58. The molecule has 0 radical (unpaired) electrons. The van der Waals surface area contributed by atoms with Gasteiger partial charge in [0.25, 0.3) is 5.56 Å². The van der Waals surface area contributed by atoms with E-state index in [0.717, 1.165) is 0 Å². The molecule has 0 amide bonds. The predicted molar refractivity (Wildman–Crippen MR) is 46.2 cm³/mol. The number of hydrogen-bond acceptors (Lipinski definition) is 5. The van der Waals surface area contributed by atoms with Crippen molar-refractivity contribution in [3.05, 3.63) is 28.3 Å². The van der Waals surface area contributed by atoms with Gasteiger partial charge >= 0.3 is 0 Å². The highest BCUT2D eigenvalue weighted by Crippen LogP contribution is 2.13. The van der Waals surface area contributed by atoms with Gasteiger partial charge < -0.3 is 5.11 Å². The average molecular weight is 193 g/mol. The maximum absolute atomic E-state index is 11.3. The summed E-state index contributed by atoms with van der Waals surface area (Å²) in [7, 11) is 0. The van der Waals surface area contributed by atoms with Crippen LogP contribution in [0.2, 0.25) is 0 Å². The van der Waals surface area contributed by atoms with Gasteiger partial charge in [-0.2, -0.15) is 20.5 Å². The summed E-state index contributed by atoms with van der Waals surface area (Å²) in [6, 6.07) is 1.51. The monoisotopic (exact) mass is 193 g/mol. The molecule has 0 unspecified atom stereocenters. The van der Waals surface area contributed by atoms with Crippen molar-refractivity contribution in [2.75, 3.05) is 0 Å².